The van der Waals surface area contributed by atoms with Crippen molar-refractivity contribution in [2.45, 2.75) is 19.9 Å². The lowest BCUT2D eigenvalue weighted by molar-refractivity contribution is 0.0971. The van der Waals surface area contributed by atoms with Crippen molar-refractivity contribution in [1.29, 1.82) is 0 Å². The van der Waals surface area contributed by atoms with E-state index in [1.807, 2.05) is 32.0 Å². The van der Waals surface area contributed by atoms with E-state index in [4.69, 9.17) is 16.0 Å². The molecule has 0 N–H and O–H groups in total. The molecule has 5 rings (SSSR count). The minimum absolute atomic E-state index is 0.00706. The highest BCUT2D eigenvalue weighted by Gasteiger charge is 2.43. The van der Waals surface area contributed by atoms with Crippen molar-refractivity contribution < 1.29 is 13.6 Å². The van der Waals surface area contributed by atoms with Crippen LogP contribution in [-0.4, -0.2) is 5.91 Å². The largest absolute Gasteiger partial charge is 0.450 e. The van der Waals surface area contributed by atoms with Gasteiger partial charge in [0.05, 0.1) is 17.0 Å². The second-order valence-electron chi connectivity index (χ2n) is 7.71. The number of amides is 1. The first-order valence-corrected chi connectivity index (χ1v) is 10.2. The van der Waals surface area contributed by atoms with Crippen molar-refractivity contribution in [1.82, 2.24) is 0 Å². The van der Waals surface area contributed by atoms with E-state index in [-0.39, 0.29) is 16.8 Å². The Bertz CT molecular complexity index is 1430. The average Bonchev–Trinajstić information content (AvgIpc) is 3.04. The van der Waals surface area contributed by atoms with Gasteiger partial charge < -0.3 is 4.42 Å². The molecule has 0 radical (unpaired) electrons. The van der Waals surface area contributed by atoms with Gasteiger partial charge in [0.25, 0.3) is 5.91 Å². The third-order valence-corrected chi connectivity index (χ3v) is 6.02. The predicted molar refractivity (Wildman–Crippen MR) is 118 cm³/mol. The zero-order valence-electron chi connectivity index (χ0n) is 16.8. The molecule has 0 spiro atoms. The Kier molecular flexibility index (Phi) is 4.45. The molecule has 0 aliphatic carbocycles. The van der Waals surface area contributed by atoms with Gasteiger partial charge in [0.1, 0.15) is 11.4 Å². The number of hydrogen-bond acceptors (Lipinski definition) is 3. The van der Waals surface area contributed by atoms with E-state index in [9.17, 15) is 14.0 Å². The summed E-state index contributed by atoms with van der Waals surface area (Å²) in [6.07, 6.45) is 0. The Balaban J connectivity index is 1.82. The average molecular weight is 434 g/mol. The van der Waals surface area contributed by atoms with Crippen LogP contribution in [-0.2, 0) is 0 Å². The molecule has 6 heteroatoms. The van der Waals surface area contributed by atoms with Gasteiger partial charge in [-0.1, -0.05) is 29.8 Å². The van der Waals surface area contributed by atoms with Gasteiger partial charge in [0, 0.05) is 10.7 Å². The highest BCUT2D eigenvalue weighted by Crippen LogP contribution is 2.41. The second-order valence-corrected chi connectivity index (χ2v) is 8.15. The first kappa shape index (κ1) is 19.5. The van der Waals surface area contributed by atoms with Crippen LogP contribution in [0.5, 0.6) is 0 Å². The van der Waals surface area contributed by atoms with E-state index in [2.05, 4.69) is 0 Å². The zero-order valence-corrected chi connectivity index (χ0v) is 17.5. The molecule has 1 unspecified atom stereocenters. The summed E-state index contributed by atoms with van der Waals surface area (Å²) in [7, 11) is 0. The van der Waals surface area contributed by atoms with Gasteiger partial charge >= 0.3 is 0 Å². The third-order valence-electron chi connectivity index (χ3n) is 5.79. The molecule has 4 aromatic rings. The molecule has 1 aliphatic heterocycles. The number of aryl methyl sites for hydroxylation is 2. The van der Waals surface area contributed by atoms with Crippen molar-refractivity contribution in [2.75, 3.05) is 4.90 Å². The van der Waals surface area contributed by atoms with Crippen molar-refractivity contribution in [2.24, 2.45) is 0 Å². The number of carbonyl (C=O) groups excluding carboxylic acids is 1. The van der Waals surface area contributed by atoms with Crippen molar-refractivity contribution in [3.8, 4) is 0 Å². The Hall–Kier alpha value is -3.44. The van der Waals surface area contributed by atoms with Gasteiger partial charge in [0.2, 0.25) is 5.76 Å². The quantitative estimate of drug-likeness (QED) is 0.392. The normalized spacial score (nSPS) is 15.5. The van der Waals surface area contributed by atoms with Crippen LogP contribution in [0.15, 0.2) is 69.9 Å². The number of anilines is 1. The zero-order chi connectivity index (χ0) is 21.9. The molecule has 0 fully saturated rings. The Morgan fingerprint density at radius 1 is 0.935 bits per heavy atom. The van der Waals surface area contributed by atoms with Crippen LogP contribution in [0.1, 0.15) is 38.9 Å². The van der Waals surface area contributed by atoms with Gasteiger partial charge in [-0.15, -0.1) is 0 Å². The molecule has 1 aromatic heterocycles. The summed E-state index contributed by atoms with van der Waals surface area (Å²) < 4.78 is 19.5. The summed E-state index contributed by atoms with van der Waals surface area (Å²) in [6, 6.07) is 15.4. The molecule has 4 nitrogen and oxygen atoms in total. The Labute approximate surface area is 182 Å². The maximum Gasteiger partial charge on any atom is 0.295 e. The molecule has 1 aliphatic rings. The number of halogens is 2. The monoisotopic (exact) mass is 433 g/mol. The molecule has 1 amide bonds. The minimum Gasteiger partial charge on any atom is -0.450 e. The summed E-state index contributed by atoms with van der Waals surface area (Å²) in [5, 5.41) is 0.696. The van der Waals surface area contributed by atoms with Gasteiger partial charge in [-0.25, -0.2) is 4.39 Å². The number of hydrogen-bond donors (Lipinski definition) is 0. The standard InChI is InChI=1S/C25H17ClFNO3/c1-13-3-9-18(11-14(13)2)28-22(15-4-7-17(27)8-5-15)21-23(29)19-12-16(26)6-10-20(19)31-24(21)25(28)30/h3-12,22H,1-2H3. The second kappa shape index (κ2) is 7.06. The number of fused-ring (bicyclic) bond motifs is 2. The van der Waals surface area contributed by atoms with Gasteiger partial charge in [-0.05, 0) is 73.0 Å². The molecular weight excluding hydrogens is 417 g/mol. The number of carbonyl (C=O) groups is 1. The van der Waals surface area contributed by atoms with Crippen molar-refractivity contribution in [3.63, 3.8) is 0 Å². The lowest BCUT2D eigenvalue weighted by Gasteiger charge is -2.26. The van der Waals surface area contributed by atoms with Crippen LogP contribution in [0.2, 0.25) is 5.02 Å². The SMILES string of the molecule is Cc1ccc(N2C(=O)c3oc4ccc(Cl)cc4c(=O)c3C2c2ccc(F)cc2)cc1C. The molecule has 0 saturated heterocycles. The summed E-state index contributed by atoms with van der Waals surface area (Å²) in [5.41, 5.74) is 3.53. The van der Waals surface area contributed by atoms with Crippen LogP contribution >= 0.6 is 11.6 Å². The Morgan fingerprint density at radius 3 is 2.39 bits per heavy atom. The minimum atomic E-state index is -0.746. The van der Waals surface area contributed by atoms with E-state index in [0.29, 0.717) is 27.2 Å². The maximum absolute atomic E-state index is 13.6. The van der Waals surface area contributed by atoms with E-state index >= 15 is 0 Å². The maximum atomic E-state index is 13.6. The predicted octanol–water partition coefficient (Wildman–Crippen LogP) is 5.95. The van der Waals surface area contributed by atoms with Crippen LogP contribution in [0.4, 0.5) is 10.1 Å². The lowest BCUT2D eigenvalue weighted by Crippen LogP contribution is -2.29. The Morgan fingerprint density at radius 2 is 1.68 bits per heavy atom. The van der Waals surface area contributed by atoms with Gasteiger partial charge in [-0.2, -0.15) is 0 Å². The van der Waals surface area contributed by atoms with Crippen LogP contribution in [0.25, 0.3) is 11.0 Å². The first-order chi connectivity index (χ1) is 14.8. The molecule has 2 heterocycles. The molecule has 154 valence electrons. The van der Waals surface area contributed by atoms with E-state index in [1.165, 1.54) is 23.1 Å². The van der Waals surface area contributed by atoms with Crippen LogP contribution in [0.3, 0.4) is 0 Å². The van der Waals surface area contributed by atoms with E-state index in [1.54, 1.807) is 24.3 Å². The van der Waals surface area contributed by atoms with Crippen LogP contribution < -0.4 is 10.3 Å². The highest BCUT2D eigenvalue weighted by molar-refractivity contribution is 6.31. The third kappa shape index (κ3) is 3.04. The van der Waals surface area contributed by atoms with Crippen LogP contribution in [0, 0.1) is 19.7 Å². The fourth-order valence-electron chi connectivity index (χ4n) is 4.05. The molecular formula is C25H17ClFNO3. The summed E-state index contributed by atoms with van der Waals surface area (Å²) >= 11 is 6.10. The molecule has 0 saturated carbocycles. The van der Waals surface area contributed by atoms with E-state index in [0.717, 1.165) is 11.1 Å². The lowest BCUT2D eigenvalue weighted by atomic mass is 9.98. The summed E-state index contributed by atoms with van der Waals surface area (Å²) in [5.74, 6) is -0.822. The molecule has 3 aromatic carbocycles. The van der Waals surface area contributed by atoms with Crippen molar-refractivity contribution in [3.05, 3.63) is 110 Å². The molecule has 0 bridgehead atoms. The first-order valence-electron chi connectivity index (χ1n) is 9.77. The van der Waals surface area contributed by atoms with Gasteiger partial charge in [0.15, 0.2) is 5.43 Å². The van der Waals surface area contributed by atoms with E-state index < -0.39 is 17.8 Å². The summed E-state index contributed by atoms with van der Waals surface area (Å²) in [4.78, 5) is 28.5. The van der Waals surface area contributed by atoms with Crippen molar-refractivity contribution >= 4 is 34.2 Å². The fourth-order valence-corrected chi connectivity index (χ4v) is 4.22. The smallest absolute Gasteiger partial charge is 0.295 e. The molecule has 1 atom stereocenters. The number of rotatable bonds is 2. The number of benzene rings is 3. The fraction of sp³-hybridized carbons (Fsp3) is 0.120. The highest BCUT2D eigenvalue weighted by atomic mass is 35.5. The number of nitrogens with zero attached hydrogens (tertiary/aromatic N) is 1. The van der Waals surface area contributed by atoms with Gasteiger partial charge in [-0.3, -0.25) is 14.5 Å². The summed E-state index contributed by atoms with van der Waals surface area (Å²) in [6.45, 7) is 3.94. The topological polar surface area (TPSA) is 50.5 Å². The molecule has 31 heavy (non-hydrogen) atoms.